The summed E-state index contributed by atoms with van der Waals surface area (Å²) in [6, 6.07) is 5.61. The molecule has 1 saturated heterocycles. The number of para-hydroxylation sites is 2. The molecule has 37 heavy (non-hydrogen) atoms. The number of nitrogens with zero attached hydrogens (tertiary/aromatic N) is 1. The predicted molar refractivity (Wildman–Crippen MR) is 141 cm³/mol. The first-order valence-electron chi connectivity index (χ1n) is 12.8. The van der Waals surface area contributed by atoms with E-state index in [1.807, 2.05) is 13.8 Å². The molecule has 1 aliphatic heterocycles. The Balaban J connectivity index is 1.89. The fourth-order valence-electron chi connectivity index (χ4n) is 4.11. The largest absolute Gasteiger partial charge is 0.495 e. The van der Waals surface area contributed by atoms with Gasteiger partial charge >= 0.3 is 6.09 Å². The Morgan fingerprint density at radius 2 is 1.65 bits per heavy atom. The SMILES string of the molecule is COc1ccccc1NC(=O)C(C)NC(=O)C1CCN(C(=O)C(CC(C)C)NC(=O)OC(C)(C)C)CC1. The molecule has 3 N–H and O–H groups in total. The Morgan fingerprint density at radius 1 is 1.03 bits per heavy atom. The third-order valence-electron chi connectivity index (χ3n) is 5.99. The number of rotatable bonds is 9. The summed E-state index contributed by atoms with van der Waals surface area (Å²) in [6.07, 6.45) is 0.802. The molecule has 0 radical (unpaired) electrons. The van der Waals surface area contributed by atoms with Gasteiger partial charge in [0.1, 0.15) is 23.4 Å². The number of carbonyl (C=O) groups is 4. The highest BCUT2D eigenvalue weighted by Crippen LogP contribution is 2.23. The van der Waals surface area contributed by atoms with Gasteiger partial charge in [0.15, 0.2) is 0 Å². The van der Waals surface area contributed by atoms with Crippen molar-refractivity contribution in [2.75, 3.05) is 25.5 Å². The third-order valence-corrected chi connectivity index (χ3v) is 5.99. The van der Waals surface area contributed by atoms with Crippen LogP contribution < -0.4 is 20.7 Å². The van der Waals surface area contributed by atoms with Crippen LogP contribution in [0.3, 0.4) is 0 Å². The van der Waals surface area contributed by atoms with Gasteiger partial charge in [0.25, 0.3) is 0 Å². The molecule has 2 atom stereocenters. The lowest BCUT2D eigenvalue weighted by Crippen LogP contribution is -2.53. The van der Waals surface area contributed by atoms with Crippen LogP contribution in [0.5, 0.6) is 5.75 Å². The number of carbonyl (C=O) groups excluding carboxylic acids is 4. The summed E-state index contributed by atoms with van der Waals surface area (Å²) in [5.74, 6) is -0.342. The summed E-state index contributed by atoms with van der Waals surface area (Å²) in [6.45, 7) is 11.7. The van der Waals surface area contributed by atoms with E-state index in [2.05, 4.69) is 16.0 Å². The van der Waals surface area contributed by atoms with E-state index >= 15 is 0 Å². The maximum Gasteiger partial charge on any atom is 0.408 e. The molecule has 1 aromatic rings. The standard InChI is InChI=1S/C27H42N4O6/c1-17(2)16-21(30-26(35)37-27(4,5)6)25(34)31-14-12-19(13-15-31)24(33)28-18(3)23(32)29-20-10-8-9-11-22(20)36-7/h8-11,17-19,21H,12-16H2,1-7H3,(H,28,33)(H,29,32)(H,30,35). The zero-order valence-corrected chi connectivity index (χ0v) is 23.1. The molecule has 1 aromatic carbocycles. The zero-order chi connectivity index (χ0) is 27.8. The van der Waals surface area contributed by atoms with Crippen LogP contribution in [-0.4, -0.2) is 66.6 Å². The Labute approximate surface area is 219 Å². The maximum absolute atomic E-state index is 13.2. The summed E-state index contributed by atoms with van der Waals surface area (Å²) in [5, 5.41) is 8.27. The van der Waals surface area contributed by atoms with Crippen LogP contribution in [0.4, 0.5) is 10.5 Å². The quantitative estimate of drug-likeness (QED) is 0.460. The van der Waals surface area contributed by atoms with Gasteiger partial charge in [-0.2, -0.15) is 0 Å². The lowest BCUT2D eigenvalue weighted by atomic mass is 9.94. The molecule has 1 fully saturated rings. The normalized spacial score (nSPS) is 15.9. The molecular formula is C27H42N4O6. The first-order chi connectivity index (χ1) is 17.3. The monoisotopic (exact) mass is 518 g/mol. The average Bonchev–Trinajstić information content (AvgIpc) is 2.82. The number of piperidine rings is 1. The first kappa shape index (κ1) is 29.9. The van der Waals surface area contributed by atoms with Gasteiger partial charge in [-0.25, -0.2) is 4.79 Å². The topological polar surface area (TPSA) is 126 Å². The van der Waals surface area contributed by atoms with E-state index in [9.17, 15) is 19.2 Å². The molecule has 1 aliphatic rings. The second-order valence-corrected chi connectivity index (χ2v) is 10.8. The number of likely N-dealkylation sites (tertiary alicyclic amines) is 1. The summed E-state index contributed by atoms with van der Waals surface area (Å²) >= 11 is 0. The molecule has 2 rings (SSSR count). The predicted octanol–water partition coefficient (Wildman–Crippen LogP) is 3.32. The van der Waals surface area contributed by atoms with Crippen molar-refractivity contribution in [3.63, 3.8) is 0 Å². The highest BCUT2D eigenvalue weighted by molar-refractivity contribution is 5.98. The molecule has 0 saturated carbocycles. The smallest absolute Gasteiger partial charge is 0.408 e. The summed E-state index contributed by atoms with van der Waals surface area (Å²) in [5.41, 5.74) is -0.138. The van der Waals surface area contributed by atoms with Crippen LogP contribution in [0.15, 0.2) is 24.3 Å². The minimum absolute atomic E-state index is 0.178. The van der Waals surface area contributed by atoms with E-state index in [4.69, 9.17) is 9.47 Å². The lowest BCUT2D eigenvalue weighted by molar-refractivity contribution is -0.138. The van der Waals surface area contributed by atoms with Gasteiger partial charge in [-0.1, -0.05) is 26.0 Å². The van der Waals surface area contributed by atoms with Crippen molar-refractivity contribution >= 4 is 29.5 Å². The van der Waals surface area contributed by atoms with Gasteiger partial charge < -0.3 is 30.3 Å². The van der Waals surface area contributed by atoms with Gasteiger partial charge in [0.2, 0.25) is 17.7 Å². The number of amides is 4. The molecule has 1 heterocycles. The Hall–Kier alpha value is -3.30. The van der Waals surface area contributed by atoms with Gasteiger partial charge in [-0.15, -0.1) is 0 Å². The van der Waals surface area contributed by atoms with Crippen LogP contribution >= 0.6 is 0 Å². The number of hydrogen-bond acceptors (Lipinski definition) is 6. The maximum atomic E-state index is 13.2. The first-order valence-corrected chi connectivity index (χ1v) is 12.8. The van der Waals surface area contributed by atoms with Gasteiger partial charge in [-0.3, -0.25) is 14.4 Å². The number of methoxy groups -OCH3 is 1. The molecule has 0 bridgehead atoms. The van der Waals surface area contributed by atoms with E-state index in [-0.39, 0.29) is 29.6 Å². The second-order valence-electron chi connectivity index (χ2n) is 10.8. The van der Waals surface area contributed by atoms with Gasteiger partial charge in [-0.05, 0) is 65.0 Å². The van der Waals surface area contributed by atoms with Gasteiger partial charge in [0, 0.05) is 19.0 Å². The number of benzene rings is 1. The van der Waals surface area contributed by atoms with Crippen molar-refractivity contribution in [2.45, 2.75) is 78.5 Å². The summed E-state index contributed by atoms with van der Waals surface area (Å²) < 4.78 is 10.6. The minimum Gasteiger partial charge on any atom is -0.495 e. The summed E-state index contributed by atoms with van der Waals surface area (Å²) in [7, 11) is 1.52. The Morgan fingerprint density at radius 3 is 2.22 bits per heavy atom. The van der Waals surface area contributed by atoms with E-state index in [0.29, 0.717) is 43.8 Å². The highest BCUT2D eigenvalue weighted by Gasteiger charge is 2.33. The van der Waals surface area contributed by atoms with Crippen LogP contribution in [0.1, 0.15) is 60.8 Å². The molecule has 206 valence electrons. The molecule has 0 aliphatic carbocycles. The van der Waals surface area contributed by atoms with Crippen LogP contribution in [0, 0.1) is 11.8 Å². The van der Waals surface area contributed by atoms with E-state index in [0.717, 1.165) is 0 Å². The number of ether oxygens (including phenoxy) is 2. The van der Waals surface area contributed by atoms with Crippen LogP contribution in [0.2, 0.25) is 0 Å². The third kappa shape index (κ3) is 9.59. The number of hydrogen-bond donors (Lipinski definition) is 3. The minimum atomic E-state index is -0.745. The van der Waals surface area contributed by atoms with Crippen molar-refractivity contribution in [3.8, 4) is 5.75 Å². The van der Waals surface area contributed by atoms with Crippen molar-refractivity contribution in [2.24, 2.45) is 11.8 Å². The van der Waals surface area contributed by atoms with E-state index in [1.54, 1.807) is 56.9 Å². The zero-order valence-electron chi connectivity index (χ0n) is 23.1. The van der Waals surface area contributed by atoms with Crippen LogP contribution in [-0.2, 0) is 19.1 Å². The molecule has 4 amide bonds. The van der Waals surface area contributed by atoms with Crippen molar-refractivity contribution in [1.29, 1.82) is 0 Å². The van der Waals surface area contributed by atoms with E-state index in [1.165, 1.54) is 7.11 Å². The lowest BCUT2D eigenvalue weighted by Gasteiger charge is -2.34. The number of anilines is 1. The second kappa shape index (κ2) is 13.3. The Bertz CT molecular complexity index is 950. The fraction of sp³-hybridized carbons (Fsp3) is 0.630. The molecule has 10 heteroatoms. The van der Waals surface area contributed by atoms with Crippen molar-refractivity contribution in [1.82, 2.24) is 15.5 Å². The molecule has 0 aromatic heterocycles. The highest BCUT2D eigenvalue weighted by atomic mass is 16.6. The summed E-state index contributed by atoms with van der Waals surface area (Å²) in [4.78, 5) is 52.6. The van der Waals surface area contributed by atoms with Crippen LogP contribution in [0.25, 0.3) is 0 Å². The molecule has 2 unspecified atom stereocenters. The van der Waals surface area contributed by atoms with E-state index < -0.39 is 23.8 Å². The van der Waals surface area contributed by atoms with Gasteiger partial charge in [0.05, 0.1) is 12.8 Å². The van der Waals surface area contributed by atoms with Crippen molar-refractivity contribution in [3.05, 3.63) is 24.3 Å². The number of nitrogens with one attached hydrogen (secondary N) is 3. The average molecular weight is 519 g/mol. The molecule has 0 spiro atoms. The van der Waals surface area contributed by atoms with Crippen molar-refractivity contribution < 1.29 is 28.7 Å². The number of alkyl carbamates (subject to hydrolysis) is 1. The molecule has 10 nitrogen and oxygen atoms in total. The molecular weight excluding hydrogens is 476 g/mol. The fourth-order valence-corrected chi connectivity index (χ4v) is 4.11. The Kier molecular flexibility index (Phi) is 10.8.